The van der Waals surface area contributed by atoms with Gasteiger partial charge in [0.05, 0.1) is 18.2 Å². The summed E-state index contributed by atoms with van der Waals surface area (Å²) >= 11 is 0. The number of hydrogen-bond acceptors (Lipinski definition) is 7. The fourth-order valence-electron chi connectivity index (χ4n) is 3.79. The Balaban J connectivity index is 1.66. The Bertz CT molecular complexity index is 1010. The van der Waals surface area contributed by atoms with Crippen molar-refractivity contribution < 1.29 is 24.2 Å². The Morgan fingerprint density at radius 1 is 1.37 bits per heavy atom. The Morgan fingerprint density at radius 2 is 2.13 bits per heavy atom. The molecule has 2 aromatic heterocycles. The number of allylic oxidation sites excluding steroid dienone is 1. The smallest absolute Gasteiger partial charge is 0.326 e. The molecule has 2 aromatic rings. The fraction of sp³-hybridized carbons (Fsp3) is 0.455. The number of esters is 1. The highest BCUT2D eigenvalue weighted by Crippen LogP contribution is 2.30. The van der Waals surface area contributed by atoms with Crippen LogP contribution in [-0.2, 0) is 19.1 Å². The number of aliphatic imine (C=N–C) groups is 1. The molecule has 1 saturated heterocycles. The van der Waals surface area contributed by atoms with E-state index < -0.39 is 17.7 Å². The largest absolute Gasteiger partial charge is 0.462 e. The van der Waals surface area contributed by atoms with Crippen LogP contribution in [0.4, 0.5) is 0 Å². The minimum absolute atomic E-state index is 0.0556. The molecule has 1 saturated carbocycles. The molecule has 1 atom stereocenters. The normalized spacial score (nSPS) is 27.2. The molecule has 2 N–H and O–H groups in total. The van der Waals surface area contributed by atoms with Gasteiger partial charge in [0.2, 0.25) is 11.7 Å². The van der Waals surface area contributed by atoms with Crippen molar-refractivity contribution in [2.45, 2.75) is 57.8 Å². The van der Waals surface area contributed by atoms with E-state index in [0.29, 0.717) is 31.3 Å². The summed E-state index contributed by atoms with van der Waals surface area (Å²) in [5.41, 5.74) is 1.43. The molecule has 158 valence electrons. The van der Waals surface area contributed by atoms with Crippen LogP contribution in [0.1, 0.15) is 45.1 Å². The molecule has 8 heteroatoms. The highest BCUT2D eigenvalue weighted by atomic mass is 16.6. The van der Waals surface area contributed by atoms with Gasteiger partial charge in [-0.1, -0.05) is 0 Å². The molecular weight excluding hydrogens is 386 g/mol. The number of aromatic amines is 1. The van der Waals surface area contributed by atoms with E-state index in [0.717, 1.165) is 10.9 Å². The summed E-state index contributed by atoms with van der Waals surface area (Å²) in [4.78, 5) is 37.6. The molecule has 0 aromatic carbocycles. The summed E-state index contributed by atoms with van der Waals surface area (Å²) in [7, 11) is 0. The molecule has 0 spiro atoms. The minimum atomic E-state index is -1.20. The van der Waals surface area contributed by atoms with E-state index in [1.807, 2.05) is 12.1 Å². The molecule has 2 fully saturated rings. The van der Waals surface area contributed by atoms with Crippen LogP contribution in [0.15, 0.2) is 35.3 Å². The van der Waals surface area contributed by atoms with Gasteiger partial charge in [0, 0.05) is 23.3 Å². The van der Waals surface area contributed by atoms with Crippen molar-refractivity contribution in [3.8, 4) is 0 Å². The summed E-state index contributed by atoms with van der Waals surface area (Å²) < 4.78 is 11.1. The second-order valence-corrected chi connectivity index (χ2v) is 7.97. The van der Waals surface area contributed by atoms with Crippen molar-refractivity contribution in [3.63, 3.8) is 0 Å². The highest BCUT2D eigenvalue weighted by molar-refractivity contribution is 6.27. The zero-order valence-corrected chi connectivity index (χ0v) is 17.0. The van der Waals surface area contributed by atoms with Crippen LogP contribution in [0.25, 0.3) is 17.1 Å². The van der Waals surface area contributed by atoms with Crippen molar-refractivity contribution in [1.29, 1.82) is 0 Å². The number of carbonyl (C=O) groups is 2. The summed E-state index contributed by atoms with van der Waals surface area (Å²) in [5, 5.41) is 10.6. The molecule has 3 heterocycles. The van der Waals surface area contributed by atoms with Crippen LogP contribution in [0, 0.1) is 5.92 Å². The third-order valence-electron chi connectivity index (χ3n) is 5.30. The number of hydrogen-bond donors (Lipinski definition) is 2. The molecule has 1 aliphatic carbocycles. The first kappa shape index (κ1) is 20.3. The number of ketones is 1. The van der Waals surface area contributed by atoms with Crippen LogP contribution < -0.4 is 0 Å². The molecule has 0 radical (unpaired) electrons. The Labute approximate surface area is 174 Å². The molecule has 2 aliphatic rings. The van der Waals surface area contributed by atoms with Gasteiger partial charge >= 0.3 is 5.97 Å². The topological polar surface area (TPSA) is 114 Å². The van der Waals surface area contributed by atoms with Gasteiger partial charge in [0.15, 0.2) is 11.7 Å². The van der Waals surface area contributed by atoms with E-state index in [2.05, 4.69) is 15.0 Å². The summed E-state index contributed by atoms with van der Waals surface area (Å²) in [5.74, 6) is -2.19. The lowest BCUT2D eigenvalue weighted by Crippen LogP contribution is -2.31. The van der Waals surface area contributed by atoms with Crippen molar-refractivity contribution >= 4 is 34.8 Å². The van der Waals surface area contributed by atoms with E-state index in [1.54, 1.807) is 32.3 Å². The minimum Gasteiger partial charge on any atom is -0.462 e. The lowest BCUT2D eigenvalue weighted by molar-refractivity contribution is -0.151. The summed E-state index contributed by atoms with van der Waals surface area (Å²) in [6.07, 6.45) is 6.98. The number of Topliss-reactive ketones (excluding diaryl/α,β-unsaturated/α-hetero) is 1. The van der Waals surface area contributed by atoms with Gasteiger partial charge in [-0.05, 0) is 57.7 Å². The lowest BCUT2D eigenvalue weighted by atomic mass is 9.93. The number of fused-ring (bicyclic) bond motifs is 1. The summed E-state index contributed by atoms with van der Waals surface area (Å²) in [6.45, 7) is 3.46. The number of aliphatic hydroxyl groups excluding tert-OH is 1. The number of aromatic nitrogens is 2. The Hall–Kier alpha value is -3.00. The SMILES string of the molecule is CC(C)OC(=O)C1C(=O)/C(=C/c2c[nH]c3ncccc23)OC1=NC1CCC(O)CC1. The number of rotatable bonds is 4. The monoisotopic (exact) mass is 411 g/mol. The molecule has 1 aliphatic heterocycles. The molecular formula is C22H25N3O5. The first-order valence-electron chi connectivity index (χ1n) is 10.2. The maximum atomic E-state index is 13.1. The second-order valence-electron chi connectivity index (χ2n) is 7.97. The number of ether oxygens (including phenoxy) is 2. The van der Waals surface area contributed by atoms with E-state index in [4.69, 9.17) is 9.47 Å². The Morgan fingerprint density at radius 3 is 2.87 bits per heavy atom. The van der Waals surface area contributed by atoms with E-state index >= 15 is 0 Å². The maximum absolute atomic E-state index is 13.1. The van der Waals surface area contributed by atoms with E-state index in [1.165, 1.54) is 0 Å². The lowest BCUT2D eigenvalue weighted by Gasteiger charge is -2.22. The van der Waals surface area contributed by atoms with Gasteiger partial charge in [0.1, 0.15) is 5.65 Å². The molecule has 8 nitrogen and oxygen atoms in total. The molecule has 30 heavy (non-hydrogen) atoms. The van der Waals surface area contributed by atoms with Gasteiger partial charge in [-0.3, -0.25) is 14.6 Å². The quantitative estimate of drug-likeness (QED) is 0.454. The van der Waals surface area contributed by atoms with Crippen molar-refractivity contribution in [3.05, 3.63) is 35.8 Å². The van der Waals surface area contributed by atoms with Crippen LogP contribution in [0.2, 0.25) is 0 Å². The third-order valence-corrected chi connectivity index (χ3v) is 5.30. The van der Waals surface area contributed by atoms with E-state index in [9.17, 15) is 14.7 Å². The van der Waals surface area contributed by atoms with Crippen LogP contribution in [-0.4, -0.2) is 51.0 Å². The van der Waals surface area contributed by atoms with Gasteiger partial charge in [-0.15, -0.1) is 0 Å². The van der Waals surface area contributed by atoms with Gasteiger partial charge in [-0.2, -0.15) is 0 Å². The second kappa shape index (κ2) is 8.39. The summed E-state index contributed by atoms with van der Waals surface area (Å²) in [6, 6.07) is 3.60. The first-order chi connectivity index (χ1) is 14.4. The van der Waals surface area contributed by atoms with Crippen LogP contribution in [0.5, 0.6) is 0 Å². The maximum Gasteiger partial charge on any atom is 0.326 e. The number of pyridine rings is 1. The number of aliphatic hydroxyl groups is 1. The number of nitrogens with zero attached hydrogens (tertiary/aromatic N) is 2. The fourth-order valence-corrected chi connectivity index (χ4v) is 3.79. The highest BCUT2D eigenvalue weighted by Gasteiger charge is 2.45. The van der Waals surface area contributed by atoms with Crippen LogP contribution in [0.3, 0.4) is 0 Å². The van der Waals surface area contributed by atoms with Gasteiger partial charge in [0.25, 0.3) is 0 Å². The zero-order valence-electron chi connectivity index (χ0n) is 17.0. The predicted octanol–water partition coefficient (Wildman–Crippen LogP) is 2.77. The molecule has 1 unspecified atom stereocenters. The van der Waals surface area contributed by atoms with Crippen molar-refractivity contribution in [1.82, 2.24) is 9.97 Å². The molecule has 4 rings (SSSR count). The number of H-pyrrole nitrogens is 1. The van der Waals surface area contributed by atoms with Crippen molar-refractivity contribution in [2.24, 2.45) is 10.9 Å². The zero-order chi connectivity index (χ0) is 21.3. The molecule has 0 bridgehead atoms. The average molecular weight is 411 g/mol. The average Bonchev–Trinajstić information content (AvgIpc) is 3.25. The Kier molecular flexibility index (Phi) is 5.67. The third kappa shape index (κ3) is 4.14. The van der Waals surface area contributed by atoms with Crippen molar-refractivity contribution in [2.75, 3.05) is 0 Å². The van der Waals surface area contributed by atoms with E-state index in [-0.39, 0.29) is 29.9 Å². The molecule has 0 amide bonds. The van der Waals surface area contributed by atoms with Crippen LogP contribution >= 0.6 is 0 Å². The predicted molar refractivity (Wildman–Crippen MR) is 111 cm³/mol. The standard InChI is InChI=1S/C22H25N3O5/c1-12(2)29-22(28)18-19(27)17(10-13-11-24-20-16(13)4-3-9-23-20)30-21(18)25-14-5-7-15(26)8-6-14/h3-4,9-12,14-15,18,26H,5-8H2,1-2H3,(H,23,24)/b17-10-,25-21?. The van der Waals surface area contributed by atoms with Gasteiger partial charge < -0.3 is 19.6 Å². The number of nitrogens with one attached hydrogen (secondary N) is 1. The van der Waals surface area contributed by atoms with Gasteiger partial charge in [-0.25, -0.2) is 4.98 Å². The number of carbonyl (C=O) groups excluding carboxylic acids is 2. The first-order valence-corrected chi connectivity index (χ1v) is 10.2.